The van der Waals surface area contributed by atoms with Crippen molar-refractivity contribution >= 4 is 17.6 Å². The second kappa shape index (κ2) is 10.6. The number of benzene rings is 2. The van der Waals surface area contributed by atoms with Crippen LogP contribution in [0.3, 0.4) is 0 Å². The summed E-state index contributed by atoms with van der Waals surface area (Å²) >= 11 is 5.98. The molecular formula is C23H28ClNO4. The summed E-state index contributed by atoms with van der Waals surface area (Å²) in [5, 5.41) is 22.9. The van der Waals surface area contributed by atoms with E-state index in [9.17, 15) is 9.90 Å². The summed E-state index contributed by atoms with van der Waals surface area (Å²) in [6.07, 6.45) is 4.08. The highest BCUT2D eigenvalue weighted by molar-refractivity contribution is 6.30. The zero-order valence-corrected chi connectivity index (χ0v) is 17.2. The summed E-state index contributed by atoms with van der Waals surface area (Å²) in [4.78, 5) is 10.6. The van der Waals surface area contributed by atoms with Crippen molar-refractivity contribution < 1.29 is 19.7 Å². The number of fused-ring (bicyclic) bond motifs is 1. The maximum absolute atomic E-state index is 10.6. The molecule has 5 nitrogen and oxygen atoms in total. The van der Waals surface area contributed by atoms with Gasteiger partial charge in [-0.1, -0.05) is 35.9 Å². The van der Waals surface area contributed by atoms with Crippen LogP contribution in [0.15, 0.2) is 42.5 Å². The average Bonchev–Trinajstić information content (AvgIpc) is 2.71. The highest BCUT2D eigenvalue weighted by Crippen LogP contribution is 2.29. The molecule has 6 heteroatoms. The Hall–Kier alpha value is -2.08. The van der Waals surface area contributed by atoms with Gasteiger partial charge in [0.1, 0.15) is 11.9 Å². The van der Waals surface area contributed by atoms with Crippen LogP contribution in [-0.4, -0.2) is 35.4 Å². The summed E-state index contributed by atoms with van der Waals surface area (Å²) < 4.78 is 6.11. The molecule has 156 valence electrons. The van der Waals surface area contributed by atoms with E-state index in [1.54, 1.807) is 12.1 Å². The largest absolute Gasteiger partial charge is 0.489 e. The van der Waals surface area contributed by atoms with Crippen LogP contribution in [0.2, 0.25) is 5.02 Å². The molecule has 0 saturated heterocycles. The molecule has 0 amide bonds. The maximum Gasteiger partial charge on any atom is 0.303 e. The van der Waals surface area contributed by atoms with E-state index in [0.29, 0.717) is 24.5 Å². The number of nitrogens with one attached hydrogen (secondary N) is 1. The maximum atomic E-state index is 10.6. The molecule has 1 unspecified atom stereocenters. The van der Waals surface area contributed by atoms with Crippen molar-refractivity contribution in [3.63, 3.8) is 0 Å². The van der Waals surface area contributed by atoms with Crippen LogP contribution < -0.4 is 10.1 Å². The molecule has 0 fully saturated rings. The van der Waals surface area contributed by atoms with Crippen molar-refractivity contribution in [1.82, 2.24) is 5.32 Å². The molecule has 2 atom stereocenters. The first kappa shape index (κ1) is 21.6. The summed E-state index contributed by atoms with van der Waals surface area (Å²) in [6.45, 7) is 1.12. The van der Waals surface area contributed by atoms with Crippen LogP contribution in [0.25, 0.3) is 0 Å². The Morgan fingerprint density at radius 3 is 2.90 bits per heavy atom. The highest BCUT2D eigenvalue weighted by atomic mass is 35.5. The molecule has 0 aromatic heterocycles. The minimum absolute atomic E-state index is 0.0791. The van der Waals surface area contributed by atoms with Gasteiger partial charge in [0.05, 0.1) is 6.10 Å². The lowest BCUT2D eigenvalue weighted by Gasteiger charge is -2.27. The van der Waals surface area contributed by atoms with E-state index in [1.807, 2.05) is 18.2 Å². The number of hydrogen-bond acceptors (Lipinski definition) is 4. The van der Waals surface area contributed by atoms with Crippen molar-refractivity contribution in [2.24, 2.45) is 0 Å². The minimum Gasteiger partial charge on any atom is -0.489 e. The summed E-state index contributed by atoms with van der Waals surface area (Å²) in [6, 6.07) is 13.5. The third-order valence-corrected chi connectivity index (χ3v) is 5.44. The van der Waals surface area contributed by atoms with Gasteiger partial charge in [0.15, 0.2) is 0 Å². The Morgan fingerprint density at radius 2 is 2.10 bits per heavy atom. The predicted molar refractivity (Wildman–Crippen MR) is 114 cm³/mol. The van der Waals surface area contributed by atoms with Crippen molar-refractivity contribution in [2.45, 2.75) is 50.7 Å². The summed E-state index contributed by atoms with van der Waals surface area (Å²) in [7, 11) is 0. The molecule has 0 bridgehead atoms. The molecule has 0 saturated carbocycles. The monoisotopic (exact) mass is 417 g/mol. The van der Waals surface area contributed by atoms with E-state index >= 15 is 0 Å². The zero-order valence-electron chi connectivity index (χ0n) is 16.4. The second-order valence-corrected chi connectivity index (χ2v) is 7.99. The predicted octanol–water partition coefficient (Wildman–Crippen LogP) is 4.15. The Bertz CT molecular complexity index is 826. The molecule has 2 aromatic carbocycles. The topological polar surface area (TPSA) is 78.8 Å². The summed E-state index contributed by atoms with van der Waals surface area (Å²) in [5.74, 6) is 0.191. The number of aryl methyl sites for hydroxylation is 2. The van der Waals surface area contributed by atoms with E-state index in [2.05, 4.69) is 17.4 Å². The molecule has 3 rings (SSSR count). The quantitative estimate of drug-likeness (QED) is 0.506. The number of ether oxygens (including phenoxy) is 1. The first-order valence-corrected chi connectivity index (χ1v) is 10.5. The lowest BCUT2D eigenvalue weighted by Crippen LogP contribution is -2.36. The van der Waals surface area contributed by atoms with E-state index in [1.165, 1.54) is 11.1 Å². The molecule has 0 aliphatic carbocycles. The number of aliphatic hydroxyl groups excluding tert-OH is 1. The van der Waals surface area contributed by atoms with Gasteiger partial charge in [-0.15, -0.1) is 0 Å². The van der Waals surface area contributed by atoms with E-state index in [4.69, 9.17) is 21.4 Å². The van der Waals surface area contributed by atoms with Gasteiger partial charge in [-0.3, -0.25) is 4.79 Å². The number of unbranched alkanes of at least 4 members (excludes halogenated alkanes) is 1. The van der Waals surface area contributed by atoms with Gasteiger partial charge in [0.25, 0.3) is 0 Å². The smallest absolute Gasteiger partial charge is 0.303 e. The van der Waals surface area contributed by atoms with E-state index in [-0.39, 0.29) is 12.5 Å². The fraction of sp³-hybridized carbons (Fsp3) is 0.435. The molecule has 1 aliphatic heterocycles. The summed E-state index contributed by atoms with van der Waals surface area (Å²) in [5.41, 5.74) is 3.26. The fourth-order valence-electron chi connectivity index (χ4n) is 3.62. The number of aliphatic hydroxyl groups is 1. The minimum atomic E-state index is -0.733. The van der Waals surface area contributed by atoms with Gasteiger partial charge in [0.2, 0.25) is 0 Å². The molecule has 0 spiro atoms. The van der Waals surface area contributed by atoms with Gasteiger partial charge >= 0.3 is 5.97 Å². The number of halogens is 1. The van der Waals surface area contributed by atoms with Crippen LogP contribution in [0.1, 0.15) is 48.5 Å². The fourth-order valence-corrected chi connectivity index (χ4v) is 3.81. The molecule has 3 N–H and O–H groups in total. The lowest BCUT2D eigenvalue weighted by atomic mass is 9.97. The van der Waals surface area contributed by atoms with Gasteiger partial charge in [-0.25, -0.2) is 0 Å². The molecule has 2 aromatic rings. The molecular weight excluding hydrogens is 390 g/mol. The molecule has 29 heavy (non-hydrogen) atoms. The Balaban J connectivity index is 1.43. The standard InChI is InChI=1S/C23H28ClNO4/c24-19-6-3-5-17(13-19)21(26)15-25-14-20-10-9-18-12-16(8-11-22(18)29-20)4-1-2-7-23(27)28/h3,5-6,8,11-13,20-21,25-26H,1-2,4,7,9-10,14-15H2,(H,27,28)/t20-,21?/m1/s1. The van der Waals surface area contributed by atoms with Crippen LogP contribution >= 0.6 is 11.6 Å². The SMILES string of the molecule is O=C(O)CCCCc1ccc2c(c1)CC[C@H](CNCC(O)c1cccc(Cl)c1)O2. The highest BCUT2D eigenvalue weighted by Gasteiger charge is 2.20. The number of carboxylic acid groups (broad SMARTS) is 1. The van der Waals surface area contributed by atoms with Crippen molar-refractivity contribution in [2.75, 3.05) is 13.1 Å². The van der Waals surface area contributed by atoms with Crippen LogP contribution in [0, 0.1) is 0 Å². The average molecular weight is 418 g/mol. The first-order chi connectivity index (χ1) is 14.0. The van der Waals surface area contributed by atoms with Gasteiger partial charge in [0, 0.05) is 24.5 Å². The normalized spacial score (nSPS) is 16.7. The number of aliphatic carboxylic acids is 1. The van der Waals surface area contributed by atoms with Crippen molar-refractivity contribution in [3.05, 3.63) is 64.2 Å². The first-order valence-electron chi connectivity index (χ1n) is 10.2. The number of rotatable bonds is 10. The number of hydrogen-bond donors (Lipinski definition) is 3. The third-order valence-electron chi connectivity index (χ3n) is 5.20. The van der Waals surface area contributed by atoms with E-state index in [0.717, 1.165) is 37.0 Å². The van der Waals surface area contributed by atoms with Crippen molar-refractivity contribution in [1.29, 1.82) is 0 Å². The Labute approximate surface area is 176 Å². The lowest BCUT2D eigenvalue weighted by molar-refractivity contribution is -0.137. The molecule has 1 heterocycles. The van der Waals surface area contributed by atoms with Gasteiger partial charge in [-0.05, 0) is 67.0 Å². The van der Waals surface area contributed by atoms with Crippen LogP contribution in [-0.2, 0) is 17.6 Å². The van der Waals surface area contributed by atoms with Gasteiger partial charge in [-0.2, -0.15) is 0 Å². The zero-order chi connectivity index (χ0) is 20.6. The second-order valence-electron chi connectivity index (χ2n) is 7.55. The number of carbonyl (C=O) groups is 1. The van der Waals surface area contributed by atoms with Gasteiger partial charge < -0.3 is 20.3 Å². The van der Waals surface area contributed by atoms with Crippen LogP contribution in [0.5, 0.6) is 5.75 Å². The third kappa shape index (κ3) is 6.74. The molecule has 1 aliphatic rings. The van der Waals surface area contributed by atoms with Crippen LogP contribution in [0.4, 0.5) is 0 Å². The Morgan fingerprint density at radius 1 is 1.24 bits per heavy atom. The molecule has 0 radical (unpaired) electrons. The number of carboxylic acids is 1. The van der Waals surface area contributed by atoms with Crippen molar-refractivity contribution in [3.8, 4) is 5.75 Å². The Kier molecular flexibility index (Phi) is 7.92. The van der Waals surface area contributed by atoms with E-state index < -0.39 is 12.1 Å².